The van der Waals surface area contributed by atoms with Gasteiger partial charge in [-0.05, 0) is 30.7 Å². The molecule has 3 unspecified atom stereocenters. The van der Waals surface area contributed by atoms with Crippen LogP contribution < -0.4 is 5.32 Å². The standard InChI is InChI=1S/C17H19N3/c1-11-7-8-15(12(11)2)20-17-13(9-18)10-19-16-6-4-3-5-14(16)17/h3-6,10-12,15H,7-8H2,1-2H3,(H,19,20). The molecule has 0 amide bonds. The van der Waals surface area contributed by atoms with Gasteiger partial charge in [0.25, 0.3) is 0 Å². The Hall–Kier alpha value is -2.08. The van der Waals surface area contributed by atoms with E-state index in [0.717, 1.165) is 22.5 Å². The van der Waals surface area contributed by atoms with Crippen molar-refractivity contribution in [3.8, 4) is 6.07 Å². The number of nitriles is 1. The summed E-state index contributed by atoms with van der Waals surface area (Å²) in [7, 11) is 0. The van der Waals surface area contributed by atoms with Crippen molar-refractivity contribution in [2.45, 2.75) is 32.7 Å². The van der Waals surface area contributed by atoms with Crippen molar-refractivity contribution in [1.82, 2.24) is 4.98 Å². The Morgan fingerprint density at radius 3 is 2.75 bits per heavy atom. The number of anilines is 1. The summed E-state index contributed by atoms with van der Waals surface area (Å²) in [5.41, 5.74) is 2.52. The lowest BCUT2D eigenvalue weighted by Gasteiger charge is -2.22. The molecular formula is C17H19N3. The molecule has 3 nitrogen and oxygen atoms in total. The predicted octanol–water partition coefficient (Wildman–Crippen LogP) is 3.95. The topological polar surface area (TPSA) is 48.7 Å². The van der Waals surface area contributed by atoms with Crippen molar-refractivity contribution in [1.29, 1.82) is 5.26 Å². The highest BCUT2D eigenvalue weighted by Crippen LogP contribution is 2.35. The summed E-state index contributed by atoms with van der Waals surface area (Å²) in [5, 5.41) is 14.0. The van der Waals surface area contributed by atoms with Gasteiger partial charge in [-0.1, -0.05) is 32.0 Å². The van der Waals surface area contributed by atoms with Crippen LogP contribution in [0.1, 0.15) is 32.3 Å². The summed E-state index contributed by atoms with van der Waals surface area (Å²) in [6.45, 7) is 4.60. The zero-order valence-electron chi connectivity index (χ0n) is 11.9. The molecule has 3 rings (SSSR count). The van der Waals surface area contributed by atoms with E-state index in [1.54, 1.807) is 6.20 Å². The average Bonchev–Trinajstić information content (AvgIpc) is 2.79. The monoisotopic (exact) mass is 265 g/mol. The van der Waals surface area contributed by atoms with Crippen molar-refractivity contribution in [2.75, 3.05) is 5.32 Å². The van der Waals surface area contributed by atoms with E-state index in [2.05, 4.69) is 30.2 Å². The quantitative estimate of drug-likeness (QED) is 0.894. The van der Waals surface area contributed by atoms with Gasteiger partial charge in [-0.3, -0.25) is 4.98 Å². The number of hydrogen-bond donors (Lipinski definition) is 1. The summed E-state index contributed by atoms with van der Waals surface area (Å²) >= 11 is 0. The van der Waals surface area contributed by atoms with Gasteiger partial charge in [0.2, 0.25) is 0 Å². The smallest absolute Gasteiger partial charge is 0.103 e. The molecule has 0 radical (unpaired) electrons. The molecule has 0 saturated heterocycles. The SMILES string of the molecule is CC1CCC(Nc2c(C#N)cnc3ccccc23)C1C. The maximum Gasteiger partial charge on any atom is 0.103 e. The van der Waals surface area contributed by atoms with Crippen molar-refractivity contribution < 1.29 is 0 Å². The highest BCUT2D eigenvalue weighted by Gasteiger charge is 2.30. The van der Waals surface area contributed by atoms with Gasteiger partial charge in [0.05, 0.1) is 16.8 Å². The lowest BCUT2D eigenvalue weighted by Crippen LogP contribution is -2.24. The van der Waals surface area contributed by atoms with Crippen molar-refractivity contribution in [3.63, 3.8) is 0 Å². The van der Waals surface area contributed by atoms with Crippen molar-refractivity contribution in [2.24, 2.45) is 11.8 Å². The molecule has 0 spiro atoms. The van der Waals surface area contributed by atoms with E-state index in [4.69, 9.17) is 0 Å². The number of benzene rings is 1. The molecule has 1 heterocycles. The molecule has 3 heteroatoms. The molecule has 1 aromatic heterocycles. The number of nitrogens with one attached hydrogen (secondary N) is 1. The maximum atomic E-state index is 9.34. The number of pyridine rings is 1. The van der Waals surface area contributed by atoms with Crippen LogP contribution in [0.5, 0.6) is 0 Å². The summed E-state index contributed by atoms with van der Waals surface area (Å²) in [5.74, 6) is 1.37. The van der Waals surface area contributed by atoms with Crippen LogP contribution in [0.3, 0.4) is 0 Å². The zero-order valence-corrected chi connectivity index (χ0v) is 11.9. The van der Waals surface area contributed by atoms with Crippen LogP contribution in [0.2, 0.25) is 0 Å². The molecule has 1 aliphatic carbocycles. The minimum Gasteiger partial charge on any atom is -0.380 e. The van der Waals surface area contributed by atoms with E-state index in [1.165, 1.54) is 12.8 Å². The summed E-state index contributed by atoms with van der Waals surface area (Å²) in [6.07, 6.45) is 4.10. The molecule has 1 fully saturated rings. The maximum absolute atomic E-state index is 9.34. The molecule has 20 heavy (non-hydrogen) atoms. The van der Waals surface area contributed by atoms with Crippen molar-refractivity contribution in [3.05, 3.63) is 36.0 Å². The van der Waals surface area contributed by atoms with E-state index in [9.17, 15) is 5.26 Å². The molecule has 1 aromatic carbocycles. The molecule has 3 atom stereocenters. The molecule has 0 bridgehead atoms. The van der Waals surface area contributed by atoms with Crippen LogP contribution in [0.25, 0.3) is 10.9 Å². The van der Waals surface area contributed by atoms with Gasteiger partial charge in [-0.15, -0.1) is 0 Å². The Bertz CT molecular complexity index is 671. The fourth-order valence-corrected chi connectivity index (χ4v) is 3.14. The number of rotatable bonds is 2. The summed E-state index contributed by atoms with van der Waals surface area (Å²) in [6, 6.07) is 10.7. The number of para-hydroxylation sites is 1. The highest BCUT2D eigenvalue weighted by atomic mass is 14.9. The second-order valence-corrected chi connectivity index (χ2v) is 5.84. The van der Waals surface area contributed by atoms with Crippen LogP contribution in [-0.2, 0) is 0 Å². The van der Waals surface area contributed by atoms with Gasteiger partial charge >= 0.3 is 0 Å². The zero-order chi connectivity index (χ0) is 14.1. The normalized spacial score (nSPS) is 25.6. The van der Waals surface area contributed by atoms with E-state index in [-0.39, 0.29) is 0 Å². The van der Waals surface area contributed by atoms with Gasteiger partial charge in [-0.2, -0.15) is 5.26 Å². The van der Waals surface area contributed by atoms with Gasteiger partial charge < -0.3 is 5.32 Å². The van der Waals surface area contributed by atoms with E-state index >= 15 is 0 Å². The first kappa shape index (κ1) is 12.9. The van der Waals surface area contributed by atoms with Gasteiger partial charge in [0.1, 0.15) is 6.07 Å². The van der Waals surface area contributed by atoms with Gasteiger partial charge in [0.15, 0.2) is 0 Å². The third-order valence-corrected chi connectivity index (χ3v) is 4.69. The summed E-state index contributed by atoms with van der Waals surface area (Å²) < 4.78 is 0. The minimum atomic E-state index is 0.447. The Morgan fingerprint density at radius 1 is 1.25 bits per heavy atom. The van der Waals surface area contributed by atoms with E-state index in [1.807, 2.05) is 24.3 Å². The van der Waals surface area contributed by atoms with Crippen LogP contribution in [0.15, 0.2) is 30.5 Å². The van der Waals surface area contributed by atoms with Crippen LogP contribution in [0, 0.1) is 23.2 Å². The number of fused-ring (bicyclic) bond motifs is 1. The highest BCUT2D eigenvalue weighted by molar-refractivity contribution is 5.93. The van der Waals surface area contributed by atoms with E-state index in [0.29, 0.717) is 17.5 Å². The van der Waals surface area contributed by atoms with Crippen molar-refractivity contribution >= 4 is 16.6 Å². The second-order valence-electron chi connectivity index (χ2n) is 5.84. The first-order chi connectivity index (χ1) is 9.70. The van der Waals surface area contributed by atoms with Crippen LogP contribution in [-0.4, -0.2) is 11.0 Å². The third-order valence-electron chi connectivity index (χ3n) is 4.69. The fourth-order valence-electron chi connectivity index (χ4n) is 3.14. The number of aromatic nitrogens is 1. The molecule has 102 valence electrons. The predicted molar refractivity (Wildman–Crippen MR) is 81.4 cm³/mol. The Labute approximate surface area is 119 Å². The summed E-state index contributed by atoms with van der Waals surface area (Å²) in [4.78, 5) is 4.36. The van der Waals surface area contributed by atoms with Gasteiger partial charge in [-0.25, -0.2) is 0 Å². The van der Waals surface area contributed by atoms with Crippen LogP contribution in [0.4, 0.5) is 5.69 Å². The molecule has 2 aromatic rings. The second kappa shape index (κ2) is 5.13. The van der Waals surface area contributed by atoms with E-state index < -0.39 is 0 Å². The Kier molecular flexibility index (Phi) is 3.31. The first-order valence-corrected chi connectivity index (χ1v) is 7.25. The molecule has 1 aliphatic rings. The first-order valence-electron chi connectivity index (χ1n) is 7.25. The van der Waals surface area contributed by atoms with Crippen LogP contribution >= 0.6 is 0 Å². The lowest BCUT2D eigenvalue weighted by molar-refractivity contribution is 0.435. The number of nitrogens with zero attached hydrogens (tertiary/aromatic N) is 2. The third kappa shape index (κ3) is 2.12. The average molecular weight is 265 g/mol. The minimum absolute atomic E-state index is 0.447. The molecule has 1 N–H and O–H groups in total. The molecule has 0 aliphatic heterocycles. The number of hydrogen-bond acceptors (Lipinski definition) is 3. The fraction of sp³-hybridized carbons (Fsp3) is 0.412. The largest absolute Gasteiger partial charge is 0.380 e. The van der Waals surface area contributed by atoms with Gasteiger partial charge in [0, 0.05) is 17.6 Å². The molecular weight excluding hydrogens is 246 g/mol. The lowest BCUT2D eigenvalue weighted by atomic mass is 9.97. The Balaban J connectivity index is 2.04. The molecule has 1 saturated carbocycles. The Morgan fingerprint density at radius 2 is 2.05 bits per heavy atom.